The van der Waals surface area contributed by atoms with Gasteiger partial charge in [0.25, 0.3) is 10.0 Å². The van der Waals surface area contributed by atoms with Crippen molar-refractivity contribution in [2.24, 2.45) is 0 Å². The van der Waals surface area contributed by atoms with Gasteiger partial charge in [-0.15, -0.1) is 0 Å². The van der Waals surface area contributed by atoms with Crippen LogP contribution in [0.5, 0.6) is 0 Å². The summed E-state index contributed by atoms with van der Waals surface area (Å²) < 4.78 is 28.3. The number of anilines is 1. The van der Waals surface area contributed by atoms with Crippen molar-refractivity contribution >= 4 is 50.7 Å². The van der Waals surface area contributed by atoms with Gasteiger partial charge in [-0.25, -0.2) is 8.42 Å². The highest BCUT2D eigenvalue weighted by molar-refractivity contribution is 7.92. The Morgan fingerprint density at radius 2 is 1.56 bits per heavy atom. The quantitative estimate of drug-likeness (QED) is 0.407. The summed E-state index contributed by atoms with van der Waals surface area (Å²) in [5.74, 6) is -0.924. The second-order valence-electron chi connectivity index (χ2n) is 8.03. The first kappa shape index (κ1) is 27.5. The van der Waals surface area contributed by atoms with E-state index >= 15 is 0 Å². The van der Waals surface area contributed by atoms with Gasteiger partial charge in [-0.05, 0) is 49.2 Å². The van der Waals surface area contributed by atoms with Crippen LogP contribution in [0.3, 0.4) is 0 Å². The predicted octanol–water partition coefficient (Wildman–Crippen LogP) is 4.39. The highest BCUT2D eigenvalue weighted by atomic mass is 35.5. The van der Waals surface area contributed by atoms with E-state index in [0.29, 0.717) is 6.42 Å². The predicted molar refractivity (Wildman–Crippen MR) is 143 cm³/mol. The molecule has 0 aliphatic carbocycles. The third-order valence-electron chi connectivity index (χ3n) is 5.68. The lowest BCUT2D eigenvalue weighted by Crippen LogP contribution is -2.51. The average molecular weight is 548 g/mol. The van der Waals surface area contributed by atoms with E-state index in [2.05, 4.69) is 5.32 Å². The van der Waals surface area contributed by atoms with Gasteiger partial charge < -0.3 is 10.2 Å². The van der Waals surface area contributed by atoms with Crippen molar-refractivity contribution in [3.05, 3.63) is 94.5 Å². The third kappa shape index (κ3) is 6.57. The normalized spacial score (nSPS) is 12.0. The highest BCUT2D eigenvalue weighted by Crippen LogP contribution is 2.33. The number of sulfonamides is 1. The Hall–Kier alpha value is -3.07. The van der Waals surface area contributed by atoms with E-state index in [-0.39, 0.29) is 33.1 Å². The SMILES string of the molecule is CNC(=O)[C@@H](C)N(CCc1ccccc1)C(=O)CN(c1cc(Cl)ccc1Cl)S(=O)(=O)c1ccccc1. The van der Waals surface area contributed by atoms with Crippen LogP contribution in [0.4, 0.5) is 5.69 Å². The van der Waals surface area contributed by atoms with Crippen molar-refractivity contribution in [2.45, 2.75) is 24.3 Å². The number of amides is 2. The van der Waals surface area contributed by atoms with E-state index in [9.17, 15) is 18.0 Å². The van der Waals surface area contributed by atoms with Crippen molar-refractivity contribution in [1.82, 2.24) is 10.2 Å². The Bertz CT molecular complexity index is 1310. The first-order chi connectivity index (χ1) is 17.1. The molecule has 36 heavy (non-hydrogen) atoms. The molecule has 0 radical (unpaired) electrons. The Kier molecular flexibility index (Phi) is 9.37. The molecule has 1 N–H and O–H groups in total. The number of carbonyl (C=O) groups is 2. The lowest BCUT2D eigenvalue weighted by Gasteiger charge is -2.32. The lowest BCUT2D eigenvalue weighted by atomic mass is 10.1. The first-order valence-electron chi connectivity index (χ1n) is 11.2. The summed E-state index contributed by atoms with van der Waals surface area (Å²) in [5.41, 5.74) is 1.04. The number of nitrogens with one attached hydrogen (secondary N) is 1. The van der Waals surface area contributed by atoms with E-state index in [1.165, 1.54) is 42.3 Å². The second kappa shape index (κ2) is 12.3. The van der Waals surface area contributed by atoms with E-state index < -0.39 is 28.5 Å². The maximum atomic E-state index is 13.7. The molecular formula is C26H27Cl2N3O4S. The molecular weight excluding hydrogens is 521 g/mol. The summed E-state index contributed by atoms with van der Waals surface area (Å²) in [6.07, 6.45) is 0.483. The molecule has 0 fully saturated rings. The number of carbonyl (C=O) groups excluding carboxylic acids is 2. The summed E-state index contributed by atoms with van der Waals surface area (Å²) >= 11 is 12.5. The van der Waals surface area contributed by atoms with Crippen LogP contribution in [0.2, 0.25) is 10.0 Å². The van der Waals surface area contributed by atoms with Gasteiger partial charge in [0.2, 0.25) is 11.8 Å². The fourth-order valence-electron chi connectivity index (χ4n) is 3.69. The maximum absolute atomic E-state index is 13.7. The molecule has 3 aromatic carbocycles. The molecule has 7 nitrogen and oxygen atoms in total. The smallest absolute Gasteiger partial charge is 0.264 e. The Balaban J connectivity index is 2.00. The van der Waals surface area contributed by atoms with Crippen molar-refractivity contribution in [3.8, 4) is 0 Å². The molecule has 2 amide bonds. The fourth-order valence-corrected chi connectivity index (χ4v) is 5.57. The third-order valence-corrected chi connectivity index (χ3v) is 8.01. The average Bonchev–Trinajstić information content (AvgIpc) is 2.89. The molecule has 0 saturated carbocycles. The first-order valence-corrected chi connectivity index (χ1v) is 13.4. The molecule has 0 bridgehead atoms. The minimum absolute atomic E-state index is 0.0102. The summed E-state index contributed by atoms with van der Waals surface area (Å²) in [6, 6.07) is 20.8. The van der Waals surface area contributed by atoms with Crippen LogP contribution >= 0.6 is 23.2 Å². The zero-order valence-corrected chi connectivity index (χ0v) is 22.2. The van der Waals surface area contributed by atoms with Gasteiger partial charge >= 0.3 is 0 Å². The highest BCUT2D eigenvalue weighted by Gasteiger charge is 2.33. The van der Waals surface area contributed by atoms with Gasteiger partial charge in [-0.2, -0.15) is 0 Å². The van der Waals surface area contributed by atoms with Gasteiger partial charge in [-0.3, -0.25) is 13.9 Å². The van der Waals surface area contributed by atoms with E-state index in [1.54, 1.807) is 25.1 Å². The van der Waals surface area contributed by atoms with Gasteiger partial charge in [0.1, 0.15) is 12.6 Å². The molecule has 10 heteroatoms. The minimum Gasteiger partial charge on any atom is -0.357 e. The Morgan fingerprint density at radius 3 is 2.17 bits per heavy atom. The number of benzene rings is 3. The Morgan fingerprint density at radius 1 is 0.944 bits per heavy atom. The molecule has 0 aliphatic heterocycles. The van der Waals surface area contributed by atoms with Crippen molar-refractivity contribution in [1.29, 1.82) is 0 Å². The molecule has 0 unspecified atom stereocenters. The van der Waals surface area contributed by atoms with Crippen LogP contribution in [0.15, 0.2) is 83.8 Å². The van der Waals surface area contributed by atoms with Gasteiger partial charge in [0.05, 0.1) is 15.6 Å². The number of nitrogens with zero attached hydrogens (tertiary/aromatic N) is 2. The topological polar surface area (TPSA) is 86.8 Å². The molecule has 3 aromatic rings. The molecule has 1 atom stereocenters. The molecule has 0 spiro atoms. The monoisotopic (exact) mass is 547 g/mol. The molecule has 0 heterocycles. The Labute approximate surface area is 221 Å². The number of rotatable bonds is 10. The van der Waals surface area contributed by atoms with E-state index in [4.69, 9.17) is 23.2 Å². The van der Waals surface area contributed by atoms with Crippen molar-refractivity contribution < 1.29 is 18.0 Å². The van der Waals surface area contributed by atoms with Crippen LogP contribution in [-0.4, -0.2) is 51.3 Å². The zero-order chi connectivity index (χ0) is 26.3. The molecule has 3 rings (SSSR count). The standard InChI is InChI=1S/C26H27Cl2N3O4S/c1-19(26(33)29-2)30(16-15-20-9-5-3-6-10-20)25(32)18-31(24-17-21(27)13-14-23(24)28)36(34,35)22-11-7-4-8-12-22/h3-14,17,19H,15-16,18H2,1-2H3,(H,29,33)/t19-/m1/s1. The van der Waals surface area contributed by atoms with Crippen molar-refractivity contribution in [2.75, 3.05) is 24.4 Å². The molecule has 190 valence electrons. The minimum atomic E-state index is -4.20. The fraction of sp³-hybridized carbons (Fsp3) is 0.231. The number of hydrogen-bond acceptors (Lipinski definition) is 4. The molecule has 0 saturated heterocycles. The van der Waals surface area contributed by atoms with Crippen LogP contribution < -0.4 is 9.62 Å². The van der Waals surface area contributed by atoms with Gasteiger partial charge in [0.15, 0.2) is 0 Å². The number of hydrogen-bond donors (Lipinski definition) is 1. The van der Waals surface area contributed by atoms with Crippen LogP contribution in [0.1, 0.15) is 12.5 Å². The summed E-state index contributed by atoms with van der Waals surface area (Å²) in [5, 5.41) is 2.92. The van der Waals surface area contributed by atoms with Crippen LogP contribution in [0, 0.1) is 0 Å². The van der Waals surface area contributed by atoms with Crippen LogP contribution in [-0.2, 0) is 26.0 Å². The van der Waals surface area contributed by atoms with Crippen molar-refractivity contribution in [3.63, 3.8) is 0 Å². The van der Waals surface area contributed by atoms with Crippen LogP contribution in [0.25, 0.3) is 0 Å². The summed E-state index contributed by atoms with van der Waals surface area (Å²) in [4.78, 5) is 27.5. The van der Waals surface area contributed by atoms with E-state index in [0.717, 1.165) is 9.87 Å². The van der Waals surface area contributed by atoms with Gasteiger partial charge in [-0.1, -0.05) is 71.7 Å². The summed E-state index contributed by atoms with van der Waals surface area (Å²) in [7, 11) is -2.72. The largest absolute Gasteiger partial charge is 0.357 e. The summed E-state index contributed by atoms with van der Waals surface area (Å²) in [6.45, 7) is 1.23. The second-order valence-corrected chi connectivity index (χ2v) is 10.7. The molecule has 0 aliphatic rings. The maximum Gasteiger partial charge on any atom is 0.264 e. The van der Waals surface area contributed by atoms with Gasteiger partial charge in [0, 0.05) is 18.6 Å². The lowest BCUT2D eigenvalue weighted by molar-refractivity contribution is -0.138. The number of likely N-dealkylation sites (N-methyl/N-ethyl adjacent to an activating group) is 1. The molecule has 0 aromatic heterocycles. The zero-order valence-electron chi connectivity index (χ0n) is 19.9. The van der Waals surface area contributed by atoms with E-state index in [1.807, 2.05) is 30.3 Å². The number of halogens is 2.